The molecule has 9 heteroatoms. The maximum atomic E-state index is 12.5. The molecule has 3 rings (SSSR count). The second-order valence-electron chi connectivity index (χ2n) is 7.82. The maximum Gasteiger partial charge on any atom is 0.258 e. The smallest absolute Gasteiger partial charge is 0.258 e. The predicted molar refractivity (Wildman–Crippen MR) is 133 cm³/mol. The van der Waals surface area contributed by atoms with Gasteiger partial charge in [0.05, 0.1) is 9.48 Å². The zero-order chi connectivity index (χ0) is 23.1. The number of amides is 1. The summed E-state index contributed by atoms with van der Waals surface area (Å²) in [5.41, 5.74) is 2.10. The molecule has 2 aromatic carbocycles. The van der Waals surface area contributed by atoms with E-state index in [0.717, 1.165) is 5.56 Å². The number of sulfonamides is 1. The van der Waals surface area contributed by atoms with Crippen LogP contribution in [0.2, 0.25) is 0 Å². The van der Waals surface area contributed by atoms with Gasteiger partial charge in [-0.25, -0.2) is 8.42 Å². The number of benzene rings is 2. The van der Waals surface area contributed by atoms with Gasteiger partial charge in [-0.2, -0.15) is 4.31 Å². The second-order valence-corrected chi connectivity index (χ2v) is 12.5. The van der Waals surface area contributed by atoms with Crippen LogP contribution in [0.3, 0.4) is 0 Å². The number of ether oxygens (including phenoxy) is 1. The highest BCUT2D eigenvalue weighted by Gasteiger charge is 2.22. The van der Waals surface area contributed by atoms with Crippen molar-refractivity contribution in [2.45, 2.75) is 42.3 Å². The summed E-state index contributed by atoms with van der Waals surface area (Å²) in [5.74, 6) is 2.83. The van der Waals surface area contributed by atoms with E-state index < -0.39 is 10.0 Å². The van der Waals surface area contributed by atoms with E-state index in [1.165, 1.54) is 27.8 Å². The first-order chi connectivity index (χ1) is 15.3. The molecule has 0 atom stereocenters. The van der Waals surface area contributed by atoms with Crippen LogP contribution >= 0.6 is 23.5 Å². The SMILES string of the molecule is CC(C)N(C)S(=O)(=O)c1ccc(CNC(=O)COc2ccc(C3SCCCS3)cc2)cc1. The summed E-state index contributed by atoms with van der Waals surface area (Å²) in [7, 11) is -1.95. The fraction of sp³-hybridized carbons (Fsp3) is 0.435. The monoisotopic (exact) mass is 494 g/mol. The van der Waals surface area contributed by atoms with Crippen molar-refractivity contribution in [1.82, 2.24) is 9.62 Å². The number of carbonyl (C=O) groups is 1. The fourth-order valence-corrected chi connectivity index (χ4v) is 7.29. The van der Waals surface area contributed by atoms with E-state index in [2.05, 4.69) is 17.4 Å². The van der Waals surface area contributed by atoms with Gasteiger partial charge in [0.25, 0.3) is 5.91 Å². The van der Waals surface area contributed by atoms with Gasteiger partial charge in [0.15, 0.2) is 6.61 Å². The number of rotatable bonds is 9. The van der Waals surface area contributed by atoms with E-state index in [-0.39, 0.29) is 23.5 Å². The average Bonchev–Trinajstić information content (AvgIpc) is 2.82. The highest BCUT2D eigenvalue weighted by atomic mass is 32.2. The third kappa shape index (κ3) is 6.66. The molecule has 1 heterocycles. The van der Waals surface area contributed by atoms with Crippen molar-refractivity contribution in [2.75, 3.05) is 25.2 Å². The molecule has 0 radical (unpaired) electrons. The molecule has 1 N–H and O–H groups in total. The third-order valence-corrected chi connectivity index (χ3v) is 10.2. The molecule has 0 aliphatic carbocycles. The number of hydrogen-bond acceptors (Lipinski definition) is 6. The lowest BCUT2D eigenvalue weighted by molar-refractivity contribution is -0.123. The van der Waals surface area contributed by atoms with Crippen LogP contribution in [0, 0.1) is 0 Å². The molecule has 0 bridgehead atoms. The van der Waals surface area contributed by atoms with Gasteiger partial charge in [0.1, 0.15) is 5.75 Å². The second kappa shape index (κ2) is 11.4. The molecule has 174 valence electrons. The summed E-state index contributed by atoms with van der Waals surface area (Å²) in [6.07, 6.45) is 1.26. The summed E-state index contributed by atoms with van der Waals surface area (Å²) in [4.78, 5) is 12.4. The summed E-state index contributed by atoms with van der Waals surface area (Å²) in [5, 5.41) is 2.80. The number of carbonyl (C=O) groups excluding carboxylic acids is 1. The van der Waals surface area contributed by atoms with Gasteiger partial charge in [-0.3, -0.25) is 4.79 Å². The quantitative estimate of drug-likeness (QED) is 0.561. The van der Waals surface area contributed by atoms with Gasteiger partial charge >= 0.3 is 0 Å². The lowest BCUT2D eigenvalue weighted by atomic mass is 10.2. The highest BCUT2D eigenvalue weighted by Crippen LogP contribution is 2.43. The Labute approximate surface area is 199 Å². The maximum absolute atomic E-state index is 12.5. The molecular weight excluding hydrogens is 464 g/mol. The van der Waals surface area contributed by atoms with Crippen LogP contribution in [-0.4, -0.2) is 49.8 Å². The molecule has 1 fully saturated rings. The Kier molecular flexibility index (Phi) is 8.93. The van der Waals surface area contributed by atoms with Gasteiger partial charge in [-0.15, -0.1) is 23.5 Å². The molecule has 0 aromatic heterocycles. The van der Waals surface area contributed by atoms with Crippen molar-refractivity contribution in [3.05, 3.63) is 59.7 Å². The van der Waals surface area contributed by atoms with E-state index in [1.54, 1.807) is 31.3 Å². The topological polar surface area (TPSA) is 75.7 Å². The van der Waals surface area contributed by atoms with Crippen LogP contribution in [-0.2, 0) is 21.4 Å². The lowest BCUT2D eigenvalue weighted by Crippen LogP contribution is -2.33. The first-order valence-electron chi connectivity index (χ1n) is 10.6. The van der Waals surface area contributed by atoms with Crippen molar-refractivity contribution in [3.8, 4) is 5.75 Å². The molecule has 0 spiro atoms. The van der Waals surface area contributed by atoms with Crippen LogP contribution in [0.1, 0.15) is 36.0 Å². The van der Waals surface area contributed by atoms with E-state index in [4.69, 9.17) is 4.74 Å². The van der Waals surface area contributed by atoms with Gasteiger partial charge < -0.3 is 10.1 Å². The Balaban J connectivity index is 1.45. The molecule has 0 saturated carbocycles. The lowest BCUT2D eigenvalue weighted by Gasteiger charge is -2.21. The average molecular weight is 495 g/mol. The Morgan fingerprint density at radius 2 is 1.72 bits per heavy atom. The third-order valence-electron chi connectivity index (χ3n) is 5.17. The van der Waals surface area contributed by atoms with Gasteiger partial charge in [0, 0.05) is 19.6 Å². The molecular formula is C23H30N2O4S3. The van der Waals surface area contributed by atoms with E-state index in [0.29, 0.717) is 16.9 Å². The Hall–Kier alpha value is -1.68. The van der Waals surface area contributed by atoms with Gasteiger partial charge in [-0.1, -0.05) is 24.3 Å². The molecule has 2 aromatic rings. The normalized spacial score (nSPS) is 15.2. The summed E-state index contributed by atoms with van der Waals surface area (Å²) in [6, 6.07) is 14.4. The Morgan fingerprint density at radius 1 is 1.09 bits per heavy atom. The molecule has 0 unspecified atom stereocenters. The molecule has 1 amide bonds. The number of nitrogens with one attached hydrogen (secondary N) is 1. The fourth-order valence-electron chi connectivity index (χ4n) is 3.03. The minimum atomic E-state index is -3.51. The minimum Gasteiger partial charge on any atom is -0.484 e. The number of hydrogen-bond donors (Lipinski definition) is 1. The molecule has 32 heavy (non-hydrogen) atoms. The van der Waals surface area contributed by atoms with Gasteiger partial charge in [-0.05, 0) is 67.2 Å². The van der Waals surface area contributed by atoms with Crippen molar-refractivity contribution in [2.24, 2.45) is 0 Å². The zero-order valence-corrected chi connectivity index (χ0v) is 21.1. The molecule has 1 aliphatic heterocycles. The minimum absolute atomic E-state index is 0.0715. The first kappa shape index (κ1) is 25.0. The van der Waals surface area contributed by atoms with Crippen LogP contribution in [0.25, 0.3) is 0 Å². The first-order valence-corrected chi connectivity index (χ1v) is 14.1. The Morgan fingerprint density at radius 3 is 2.31 bits per heavy atom. The van der Waals surface area contributed by atoms with Crippen LogP contribution in [0.5, 0.6) is 5.75 Å². The largest absolute Gasteiger partial charge is 0.484 e. The van der Waals surface area contributed by atoms with E-state index >= 15 is 0 Å². The zero-order valence-electron chi connectivity index (χ0n) is 18.6. The summed E-state index contributed by atoms with van der Waals surface area (Å²) in [6.45, 7) is 3.88. The van der Waals surface area contributed by atoms with Crippen LogP contribution in [0.15, 0.2) is 53.4 Å². The predicted octanol–water partition coefficient (Wildman–Crippen LogP) is 4.28. The van der Waals surface area contributed by atoms with Gasteiger partial charge in [0.2, 0.25) is 10.0 Å². The van der Waals surface area contributed by atoms with Crippen molar-refractivity contribution in [3.63, 3.8) is 0 Å². The van der Waals surface area contributed by atoms with Crippen molar-refractivity contribution >= 4 is 39.5 Å². The standard InChI is InChI=1S/C23H30N2O4S3/c1-17(2)25(3)32(27,28)21-11-5-18(6-12-21)15-24-22(26)16-29-20-9-7-19(8-10-20)23-30-13-4-14-31-23/h5-12,17,23H,4,13-16H2,1-3H3,(H,24,26). The molecule has 1 aliphatic rings. The van der Waals surface area contributed by atoms with Crippen LogP contribution in [0.4, 0.5) is 0 Å². The number of thioether (sulfide) groups is 2. The van der Waals surface area contributed by atoms with Crippen LogP contribution < -0.4 is 10.1 Å². The molecule has 1 saturated heterocycles. The van der Waals surface area contributed by atoms with Crippen molar-refractivity contribution in [1.29, 1.82) is 0 Å². The summed E-state index contributed by atoms with van der Waals surface area (Å²) < 4.78 is 32.5. The number of nitrogens with zero attached hydrogens (tertiary/aromatic N) is 1. The van der Waals surface area contributed by atoms with E-state index in [9.17, 15) is 13.2 Å². The summed E-state index contributed by atoms with van der Waals surface area (Å²) >= 11 is 3.94. The highest BCUT2D eigenvalue weighted by molar-refractivity contribution is 8.16. The molecule has 6 nitrogen and oxygen atoms in total. The van der Waals surface area contributed by atoms with Crippen molar-refractivity contribution < 1.29 is 17.9 Å². The van der Waals surface area contributed by atoms with E-state index in [1.807, 2.05) is 49.5 Å². The Bertz CT molecular complexity index is 987.